The van der Waals surface area contributed by atoms with Crippen LogP contribution in [-0.2, 0) is 0 Å². The fraction of sp³-hybridized carbons (Fsp3) is 0.579. The van der Waals surface area contributed by atoms with Crippen molar-refractivity contribution >= 4 is 0 Å². The molecule has 2 atom stereocenters. The SMILES string of the molecule is OC1C(=CC2CC=CCC2)CCC1=CC1CC=CCC1. The summed E-state index contributed by atoms with van der Waals surface area (Å²) in [7, 11) is 0. The molecule has 3 aliphatic rings. The molecular formula is C19H26O. The molecule has 1 N–H and O–H groups in total. The zero-order valence-electron chi connectivity index (χ0n) is 12.3. The second kappa shape index (κ2) is 6.58. The molecular weight excluding hydrogens is 244 g/mol. The number of aliphatic hydroxyl groups is 1. The highest BCUT2D eigenvalue weighted by atomic mass is 16.3. The van der Waals surface area contributed by atoms with E-state index in [1.54, 1.807) is 0 Å². The van der Waals surface area contributed by atoms with Crippen LogP contribution < -0.4 is 0 Å². The Morgan fingerprint density at radius 1 is 0.800 bits per heavy atom. The lowest BCUT2D eigenvalue weighted by atomic mass is 9.90. The molecule has 0 heterocycles. The summed E-state index contributed by atoms with van der Waals surface area (Å²) in [6.45, 7) is 0. The summed E-state index contributed by atoms with van der Waals surface area (Å²) < 4.78 is 0. The van der Waals surface area contributed by atoms with E-state index in [1.807, 2.05) is 0 Å². The molecule has 0 aliphatic heterocycles. The zero-order valence-corrected chi connectivity index (χ0v) is 12.3. The van der Waals surface area contributed by atoms with Crippen molar-refractivity contribution in [3.63, 3.8) is 0 Å². The number of rotatable bonds is 2. The normalized spacial score (nSPS) is 38.0. The number of aliphatic hydroxyl groups excluding tert-OH is 1. The standard InChI is InChI=1S/C19H26O/c20-19-17(13-15-7-3-1-4-8-15)11-12-18(19)14-16-9-5-2-6-10-16/h1-3,5,13-16,19-20H,4,6-12H2. The Hall–Kier alpha value is -1.08. The van der Waals surface area contributed by atoms with E-state index in [0.717, 1.165) is 25.7 Å². The maximum Gasteiger partial charge on any atom is 0.0961 e. The number of allylic oxidation sites excluding steroid dienone is 6. The van der Waals surface area contributed by atoms with E-state index in [9.17, 15) is 5.11 Å². The summed E-state index contributed by atoms with van der Waals surface area (Å²) in [6.07, 6.45) is 22.9. The van der Waals surface area contributed by atoms with Gasteiger partial charge in [-0.3, -0.25) is 0 Å². The monoisotopic (exact) mass is 270 g/mol. The van der Waals surface area contributed by atoms with Gasteiger partial charge >= 0.3 is 0 Å². The Morgan fingerprint density at radius 3 is 1.70 bits per heavy atom. The molecule has 1 fully saturated rings. The number of hydrogen-bond donors (Lipinski definition) is 1. The van der Waals surface area contributed by atoms with Crippen LogP contribution in [-0.4, -0.2) is 11.2 Å². The summed E-state index contributed by atoms with van der Waals surface area (Å²) in [5, 5.41) is 10.5. The maximum atomic E-state index is 10.5. The first-order valence-electron chi connectivity index (χ1n) is 8.22. The molecule has 108 valence electrons. The highest BCUT2D eigenvalue weighted by molar-refractivity contribution is 5.32. The third kappa shape index (κ3) is 3.32. The first kappa shape index (κ1) is 13.9. The van der Waals surface area contributed by atoms with E-state index in [-0.39, 0.29) is 6.10 Å². The van der Waals surface area contributed by atoms with Gasteiger partial charge in [0.2, 0.25) is 0 Å². The van der Waals surface area contributed by atoms with Gasteiger partial charge in [0.05, 0.1) is 6.10 Å². The molecule has 3 aliphatic carbocycles. The molecule has 2 unspecified atom stereocenters. The first-order valence-corrected chi connectivity index (χ1v) is 8.22. The molecule has 0 bridgehead atoms. The van der Waals surface area contributed by atoms with Crippen LogP contribution in [0.25, 0.3) is 0 Å². The van der Waals surface area contributed by atoms with Crippen LogP contribution >= 0.6 is 0 Å². The van der Waals surface area contributed by atoms with Gasteiger partial charge in [-0.05, 0) is 74.3 Å². The minimum Gasteiger partial charge on any atom is -0.384 e. The largest absolute Gasteiger partial charge is 0.384 e. The highest BCUT2D eigenvalue weighted by Crippen LogP contribution is 2.35. The van der Waals surface area contributed by atoms with Gasteiger partial charge in [-0.15, -0.1) is 0 Å². The molecule has 0 spiro atoms. The lowest BCUT2D eigenvalue weighted by Crippen LogP contribution is -2.10. The summed E-state index contributed by atoms with van der Waals surface area (Å²) in [6, 6.07) is 0. The van der Waals surface area contributed by atoms with Crippen molar-refractivity contribution < 1.29 is 5.11 Å². The van der Waals surface area contributed by atoms with Crippen molar-refractivity contribution in [2.75, 3.05) is 0 Å². The van der Waals surface area contributed by atoms with Crippen LogP contribution in [0, 0.1) is 11.8 Å². The summed E-state index contributed by atoms with van der Waals surface area (Å²) in [5.41, 5.74) is 2.56. The fourth-order valence-electron chi connectivity index (χ4n) is 3.69. The van der Waals surface area contributed by atoms with E-state index in [1.165, 1.54) is 36.8 Å². The van der Waals surface area contributed by atoms with Crippen molar-refractivity contribution in [1.82, 2.24) is 0 Å². The lowest BCUT2D eigenvalue weighted by Gasteiger charge is -2.17. The Labute approximate surface area is 122 Å². The second-order valence-electron chi connectivity index (χ2n) is 6.47. The topological polar surface area (TPSA) is 20.2 Å². The van der Waals surface area contributed by atoms with Crippen molar-refractivity contribution in [2.45, 2.75) is 57.5 Å². The van der Waals surface area contributed by atoms with Crippen LogP contribution in [0.3, 0.4) is 0 Å². The van der Waals surface area contributed by atoms with E-state index in [4.69, 9.17) is 0 Å². The molecule has 1 nitrogen and oxygen atoms in total. The maximum absolute atomic E-state index is 10.5. The van der Waals surface area contributed by atoms with Gasteiger partial charge in [0, 0.05) is 0 Å². The highest BCUT2D eigenvalue weighted by Gasteiger charge is 2.25. The first-order chi connectivity index (χ1) is 9.83. The molecule has 0 radical (unpaired) electrons. The lowest BCUT2D eigenvalue weighted by molar-refractivity contribution is 0.252. The second-order valence-corrected chi connectivity index (χ2v) is 6.47. The summed E-state index contributed by atoms with van der Waals surface area (Å²) in [5.74, 6) is 1.31. The Morgan fingerprint density at radius 2 is 1.30 bits per heavy atom. The van der Waals surface area contributed by atoms with Crippen molar-refractivity contribution in [1.29, 1.82) is 0 Å². The van der Waals surface area contributed by atoms with E-state index >= 15 is 0 Å². The molecule has 0 aromatic heterocycles. The molecule has 3 rings (SSSR count). The quantitative estimate of drug-likeness (QED) is 0.721. The Bertz CT molecular complexity index is 410. The van der Waals surface area contributed by atoms with Gasteiger partial charge in [-0.25, -0.2) is 0 Å². The van der Waals surface area contributed by atoms with Crippen LogP contribution in [0.2, 0.25) is 0 Å². The van der Waals surface area contributed by atoms with E-state index < -0.39 is 0 Å². The van der Waals surface area contributed by atoms with Gasteiger partial charge < -0.3 is 5.11 Å². The molecule has 0 saturated heterocycles. The third-order valence-corrected chi connectivity index (χ3v) is 4.92. The summed E-state index contributed by atoms with van der Waals surface area (Å²) >= 11 is 0. The van der Waals surface area contributed by atoms with E-state index in [2.05, 4.69) is 36.5 Å². The van der Waals surface area contributed by atoms with Gasteiger partial charge in [0.15, 0.2) is 0 Å². The molecule has 1 heteroatoms. The van der Waals surface area contributed by atoms with Crippen molar-refractivity contribution in [3.8, 4) is 0 Å². The average molecular weight is 270 g/mol. The predicted molar refractivity (Wildman–Crippen MR) is 84.4 cm³/mol. The van der Waals surface area contributed by atoms with Crippen LogP contribution in [0.5, 0.6) is 0 Å². The zero-order chi connectivity index (χ0) is 13.8. The van der Waals surface area contributed by atoms with E-state index in [0.29, 0.717) is 11.8 Å². The predicted octanol–water partition coefficient (Wildman–Crippen LogP) is 4.71. The average Bonchev–Trinajstić information content (AvgIpc) is 2.83. The summed E-state index contributed by atoms with van der Waals surface area (Å²) in [4.78, 5) is 0. The smallest absolute Gasteiger partial charge is 0.0961 e. The minimum atomic E-state index is -0.285. The Kier molecular flexibility index (Phi) is 4.57. The fourth-order valence-corrected chi connectivity index (χ4v) is 3.69. The molecule has 0 amide bonds. The van der Waals surface area contributed by atoms with Crippen molar-refractivity contribution in [2.24, 2.45) is 11.8 Å². The van der Waals surface area contributed by atoms with Crippen LogP contribution in [0.1, 0.15) is 51.4 Å². The molecule has 0 aromatic rings. The molecule has 1 saturated carbocycles. The Balaban J connectivity index is 1.65. The van der Waals surface area contributed by atoms with Gasteiger partial charge in [-0.1, -0.05) is 36.5 Å². The van der Waals surface area contributed by atoms with Crippen molar-refractivity contribution in [3.05, 3.63) is 47.6 Å². The molecule has 20 heavy (non-hydrogen) atoms. The van der Waals surface area contributed by atoms with Gasteiger partial charge in [0.25, 0.3) is 0 Å². The van der Waals surface area contributed by atoms with Gasteiger partial charge in [0.1, 0.15) is 0 Å². The number of hydrogen-bond acceptors (Lipinski definition) is 1. The minimum absolute atomic E-state index is 0.285. The molecule has 0 aromatic carbocycles. The van der Waals surface area contributed by atoms with Crippen LogP contribution in [0.15, 0.2) is 47.6 Å². The van der Waals surface area contributed by atoms with Crippen LogP contribution in [0.4, 0.5) is 0 Å². The van der Waals surface area contributed by atoms with Gasteiger partial charge in [-0.2, -0.15) is 0 Å². The third-order valence-electron chi connectivity index (χ3n) is 4.92.